The standard InChI is InChI=1S/C22H25N3O2.ClH/c1-25(20-8-3-2-4-9-20)22(27)16-7-5-6-15(12-16)21(26)24-19-13-17-10-11-18(14-19)23-17;/h2-9,12,17-19,23H,10-11,13-14H2,1H3,(H,24,26);1H. The minimum atomic E-state index is -0.129. The number of amides is 2. The molecular weight excluding hydrogens is 374 g/mol. The molecule has 0 spiro atoms. The summed E-state index contributed by atoms with van der Waals surface area (Å²) in [4.78, 5) is 27.1. The van der Waals surface area contributed by atoms with Crippen LogP contribution in [0.15, 0.2) is 54.6 Å². The van der Waals surface area contributed by atoms with Crippen molar-refractivity contribution < 1.29 is 9.59 Å². The molecule has 0 aliphatic carbocycles. The van der Waals surface area contributed by atoms with Crippen molar-refractivity contribution in [2.75, 3.05) is 11.9 Å². The summed E-state index contributed by atoms with van der Waals surface area (Å²) in [6, 6.07) is 17.7. The van der Waals surface area contributed by atoms with Gasteiger partial charge in [0.2, 0.25) is 0 Å². The number of rotatable bonds is 4. The van der Waals surface area contributed by atoms with Gasteiger partial charge in [0.05, 0.1) is 0 Å². The lowest BCUT2D eigenvalue weighted by Crippen LogP contribution is -2.48. The second-order valence-corrected chi connectivity index (χ2v) is 7.56. The first kappa shape index (κ1) is 20.4. The Balaban J connectivity index is 0.00000225. The van der Waals surface area contributed by atoms with Crippen LogP contribution in [-0.4, -0.2) is 37.0 Å². The minimum absolute atomic E-state index is 0. The van der Waals surface area contributed by atoms with Crippen LogP contribution in [0.4, 0.5) is 5.69 Å². The van der Waals surface area contributed by atoms with Gasteiger partial charge in [-0.3, -0.25) is 9.59 Å². The van der Waals surface area contributed by atoms with E-state index in [0.29, 0.717) is 23.2 Å². The number of piperidine rings is 1. The van der Waals surface area contributed by atoms with Crippen molar-refractivity contribution in [3.8, 4) is 0 Å². The summed E-state index contributed by atoms with van der Waals surface area (Å²) in [5, 5.41) is 6.74. The molecule has 2 bridgehead atoms. The topological polar surface area (TPSA) is 61.4 Å². The van der Waals surface area contributed by atoms with Crippen LogP contribution in [0.3, 0.4) is 0 Å². The molecule has 5 nitrogen and oxygen atoms in total. The molecule has 2 amide bonds. The molecule has 2 heterocycles. The molecule has 2 atom stereocenters. The molecule has 6 heteroatoms. The number of carbonyl (C=O) groups is 2. The van der Waals surface area contributed by atoms with Gasteiger partial charge in [-0.05, 0) is 56.0 Å². The summed E-state index contributed by atoms with van der Waals surface area (Å²) >= 11 is 0. The Bertz CT molecular complexity index is 831. The number of nitrogens with one attached hydrogen (secondary N) is 2. The average Bonchev–Trinajstić information content (AvgIpc) is 3.05. The van der Waals surface area contributed by atoms with E-state index in [-0.39, 0.29) is 30.3 Å². The maximum atomic E-state index is 12.8. The SMILES string of the molecule is CN(C(=O)c1cccc(C(=O)NC2CC3CCC(C2)N3)c1)c1ccccc1.Cl. The van der Waals surface area contributed by atoms with Gasteiger partial charge in [0.25, 0.3) is 11.8 Å². The molecule has 0 saturated carbocycles. The second kappa shape index (κ2) is 8.76. The van der Waals surface area contributed by atoms with Crippen LogP contribution >= 0.6 is 12.4 Å². The van der Waals surface area contributed by atoms with Crippen LogP contribution in [0.1, 0.15) is 46.4 Å². The molecule has 2 aliphatic heterocycles. The van der Waals surface area contributed by atoms with Crippen molar-refractivity contribution in [2.24, 2.45) is 0 Å². The largest absolute Gasteiger partial charge is 0.349 e. The molecule has 4 rings (SSSR count). The lowest BCUT2D eigenvalue weighted by Gasteiger charge is -2.29. The summed E-state index contributed by atoms with van der Waals surface area (Å²) in [5.74, 6) is -0.228. The van der Waals surface area contributed by atoms with Crippen molar-refractivity contribution in [3.63, 3.8) is 0 Å². The number of hydrogen-bond acceptors (Lipinski definition) is 3. The molecule has 2 N–H and O–H groups in total. The van der Waals surface area contributed by atoms with E-state index >= 15 is 0 Å². The van der Waals surface area contributed by atoms with Gasteiger partial charge in [-0.25, -0.2) is 0 Å². The second-order valence-electron chi connectivity index (χ2n) is 7.56. The highest BCUT2D eigenvalue weighted by Gasteiger charge is 2.34. The number of halogens is 1. The van der Waals surface area contributed by atoms with Crippen molar-refractivity contribution in [2.45, 2.75) is 43.8 Å². The summed E-state index contributed by atoms with van der Waals surface area (Å²) in [5.41, 5.74) is 1.87. The van der Waals surface area contributed by atoms with Gasteiger partial charge in [0.1, 0.15) is 0 Å². The van der Waals surface area contributed by atoms with Gasteiger partial charge >= 0.3 is 0 Å². The number of nitrogens with zero attached hydrogens (tertiary/aromatic N) is 1. The van der Waals surface area contributed by atoms with E-state index in [1.54, 1.807) is 36.2 Å². The number of benzene rings is 2. The lowest BCUT2D eigenvalue weighted by molar-refractivity contribution is 0.0924. The Labute approximate surface area is 171 Å². The Morgan fingerprint density at radius 3 is 2.29 bits per heavy atom. The van der Waals surface area contributed by atoms with Crippen molar-refractivity contribution in [3.05, 3.63) is 65.7 Å². The number of para-hydroxylation sites is 1. The van der Waals surface area contributed by atoms with Crippen LogP contribution in [0.5, 0.6) is 0 Å². The highest BCUT2D eigenvalue weighted by molar-refractivity contribution is 6.07. The van der Waals surface area contributed by atoms with Gasteiger partial charge in [0.15, 0.2) is 0 Å². The summed E-state index contributed by atoms with van der Waals surface area (Å²) < 4.78 is 0. The molecule has 2 saturated heterocycles. The fraction of sp³-hybridized carbons (Fsp3) is 0.364. The van der Waals surface area contributed by atoms with E-state index in [4.69, 9.17) is 0 Å². The van der Waals surface area contributed by atoms with Crippen molar-refractivity contribution in [1.29, 1.82) is 0 Å². The molecule has 2 unspecified atom stereocenters. The number of carbonyl (C=O) groups excluding carboxylic acids is 2. The summed E-state index contributed by atoms with van der Waals surface area (Å²) in [6.45, 7) is 0. The monoisotopic (exact) mass is 399 g/mol. The van der Waals surface area contributed by atoms with Crippen molar-refractivity contribution in [1.82, 2.24) is 10.6 Å². The van der Waals surface area contributed by atoms with E-state index in [1.165, 1.54) is 12.8 Å². The van der Waals surface area contributed by atoms with E-state index in [9.17, 15) is 9.59 Å². The van der Waals surface area contributed by atoms with Gasteiger partial charge in [-0.1, -0.05) is 24.3 Å². The third-order valence-electron chi connectivity index (χ3n) is 5.63. The first-order valence-corrected chi connectivity index (χ1v) is 9.60. The minimum Gasteiger partial charge on any atom is -0.349 e. The Kier molecular flexibility index (Phi) is 6.37. The maximum absolute atomic E-state index is 12.8. The van der Waals surface area contributed by atoms with Crippen LogP contribution in [0.2, 0.25) is 0 Å². The molecule has 0 radical (unpaired) electrons. The molecule has 2 aromatic rings. The zero-order chi connectivity index (χ0) is 18.8. The van der Waals surface area contributed by atoms with Crippen LogP contribution in [-0.2, 0) is 0 Å². The molecule has 148 valence electrons. The van der Waals surface area contributed by atoms with Crippen LogP contribution in [0.25, 0.3) is 0 Å². The van der Waals surface area contributed by atoms with Crippen LogP contribution < -0.4 is 15.5 Å². The molecule has 28 heavy (non-hydrogen) atoms. The fourth-order valence-electron chi connectivity index (χ4n) is 4.20. The van der Waals surface area contributed by atoms with E-state index < -0.39 is 0 Å². The zero-order valence-corrected chi connectivity index (χ0v) is 16.7. The smallest absolute Gasteiger partial charge is 0.258 e. The molecule has 2 aromatic carbocycles. The molecule has 2 aliphatic rings. The van der Waals surface area contributed by atoms with Crippen LogP contribution in [0, 0.1) is 0 Å². The normalized spacial score (nSPS) is 22.8. The number of anilines is 1. The third-order valence-corrected chi connectivity index (χ3v) is 5.63. The Morgan fingerprint density at radius 1 is 0.964 bits per heavy atom. The first-order valence-electron chi connectivity index (χ1n) is 9.60. The van der Waals surface area contributed by atoms with E-state index in [1.807, 2.05) is 30.3 Å². The quantitative estimate of drug-likeness (QED) is 0.828. The Morgan fingerprint density at radius 2 is 1.61 bits per heavy atom. The average molecular weight is 400 g/mol. The van der Waals surface area contributed by atoms with Gasteiger partial charge in [0, 0.05) is 42.0 Å². The molecular formula is C22H26ClN3O2. The number of hydrogen-bond donors (Lipinski definition) is 2. The van der Waals surface area contributed by atoms with E-state index in [2.05, 4.69) is 10.6 Å². The number of fused-ring (bicyclic) bond motifs is 2. The summed E-state index contributed by atoms with van der Waals surface area (Å²) in [6.07, 6.45) is 4.37. The van der Waals surface area contributed by atoms with Crippen molar-refractivity contribution >= 4 is 29.9 Å². The predicted molar refractivity (Wildman–Crippen MR) is 113 cm³/mol. The third kappa shape index (κ3) is 4.37. The first-order chi connectivity index (χ1) is 13.1. The summed E-state index contributed by atoms with van der Waals surface area (Å²) in [7, 11) is 1.75. The highest BCUT2D eigenvalue weighted by atomic mass is 35.5. The van der Waals surface area contributed by atoms with Gasteiger partial charge in [-0.15, -0.1) is 12.4 Å². The zero-order valence-electron chi connectivity index (χ0n) is 15.9. The highest BCUT2D eigenvalue weighted by Crippen LogP contribution is 2.27. The van der Waals surface area contributed by atoms with E-state index in [0.717, 1.165) is 18.5 Å². The Hall–Kier alpha value is -2.37. The van der Waals surface area contributed by atoms with Gasteiger partial charge < -0.3 is 15.5 Å². The predicted octanol–water partition coefficient (Wildman–Crippen LogP) is 3.40. The maximum Gasteiger partial charge on any atom is 0.258 e. The lowest BCUT2D eigenvalue weighted by atomic mass is 9.99. The van der Waals surface area contributed by atoms with Gasteiger partial charge in [-0.2, -0.15) is 0 Å². The molecule has 2 fully saturated rings. The molecule has 0 aromatic heterocycles. The fourth-order valence-corrected chi connectivity index (χ4v) is 4.20.